The number of aliphatic carboxylic acids is 1. The number of carboxylic acid groups (broad SMARTS) is 1. The molecule has 0 radical (unpaired) electrons. The molecule has 1 fully saturated rings. The Hall–Kier alpha value is -1.03. The molecule has 2 N–H and O–H groups in total. The smallest absolute Gasteiger partial charge is 0.306 e. The van der Waals surface area contributed by atoms with Crippen LogP contribution in [0.5, 0.6) is 0 Å². The summed E-state index contributed by atoms with van der Waals surface area (Å²) in [6.07, 6.45) is 3.35. The van der Waals surface area contributed by atoms with Crippen LogP contribution in [0.15, 0.2) is 6.20 Å². The summed E-state index contributed by atoms with van der Waals surface area (Å²) < 4.78 is 28.1. The summed E-state index contributed by atoms with van der Waals surface area (Å²) in [6.45, 7) is 2.68. The molecule has 1 aliphatic rings. The van der Waals surface area contributed by atoms with E-state index in [4.69, 9.17) is 5.11 Å². The fraction of sp³-hybridized carbons (Fsp3) is 0.667. The van der Waals surface area contributed by atoms with Crippen LogP contribution in [-0.2, 0) is 28.0 Å². The first-order valence-corrected chi connectivity index (χ1v) is 9.09. The second kappa shape index (κ2) is 6.82. The molecule has 0 saturated carbocycles. The lowest BCUT2D eigenvalue weighted by atomic mass is 9.99. The van der Waals surface area contributed by atoms with Gasteiger partial charge in [0.25, 0.3) is 10.2 Å². The summed E-state index contributed by atoms with van der Waals surface area (Å²) in [6, 6.07) is 0. The molecule has 1 saturated heterocycles. The van der Waals surface area contributed by atoms with Crippen LogP contribution < -0.4 is 4.72 Å². The monoisotopic (exact) mass is 333 g/mol. The Morgan fingerprint density at radius 1 is 1.52 bits per heavy atom. The Morgan fingerprint density at radius 2 is 2.19 bits per heavy atom. The minimum Gasteiger partial charge on any atom is -0.481 e. The Morgan fingerprint density at radius 3 is 2.71 bits per heavy atom. The normalized spacial score (nSPS) is 18.0. The third-order valence-electron chi connectivity index (χ3n) is 3.50. The first-order valence-electron chi connectivity index (χ1n) is 6.83. The number of nitrogens with zero attached hydrogens (tertiary/aromatic N) is 2. The summed E-state index contributed by atoms with van der Waals surface area (Å²) in [5, 5.41) is 9.65. The van der Waals surface area contributed by atoms with Crippen molar-refractivity contribution in [2.24, 2.45) is 5.92 Å². The van der Waals surface area contributed by atoms with Gasteiger partial charge in [-0.15, -0.1) is 11.3 Å². The first kappa shape index (κ1) is 16.3. The molecule has 118 valence electrons. The Balaban J connectivity index is 1.89. The summed E-state index contributed by atoms with van der Waals surface area (Å²) in [7, 11) is -3.57. The number of rotatable bonds is 6. The maximum Gasteiger partial charge on any atom is 0.306 e. The number of aromatic nitrogens is 1. The molecule has 0 atom stereocenters. The molecule has 0 spiro atoms. The molecule has 9 heteroatoms. The number of hydrogen-bond donors (Lipinski definition) is 2. The molecule has 1 aromatic rings. The number of nitrogens with one attached hydrogen (secondary N) is 1. The largest absolute Gasteiger partial charge is 0.481 e. The lowest BCUT2D eigenvalue weighted by Crippen LogP contribution is -2.45. The third-order valence-corrected chi connectivity index (χ3v) is 6.19. The molecular formula is C12H19N3O4S2. The molecule has 0 unspecified atom stereocenters. The molecule has 0 bridgehead atoms. The van der Waals surface area contributed by atoms with E-state index in [0.29, 0.717) is 12.8 Å². The highest BCUT2D eigenvalue weighted by Gasteiger charge is 2.30. The number of aryl methyl sites for hydroxylation is 1. The zero-order chi connectivity index (χ0) is 15.5. The van der Waals surface area contributed by atoms with Crippen molar-refractivity contribution >= 4 is 27.5 Å². The van der Waals surface area contributed by atoms with Crippen LogP contribution in [0.4, 0.5) is 0 Å². The van der Waals surface area contributed by atoms with Crippen LogP contribution in [-0.4, -0.2) is 41.9 Å². The van der Waals surface area contributed by atoms with Crippen molar-refractivity contribution in [1.82, 2.24) is 14.0 Å². The third kappa shape index (κ3) is 4.22. The van der Waals surface area contributed by atoms with Gasteiger partial charge in [-0.05, 0) is 19.3 Å². The van der Waals surface area contributed by atoms with Crippen LogP contribution in [0.2, 0.25) is 0 Å². The van der Waals surface area contributed by atoms with Crippen LogP contribution in [0, 0.1) is 5.92 Å². The number of hydrogen-bond acceptors (Lipinski definition) is 5. The van der Waals surface area contributed by atoms with E-state index in [1.165, 1.54) is 15.6 Å². The van der Waals surface area contributed by atoms with Crippen LogP contribution in [0.1, 0.15) is 29.7 Å². The van der Waals surface area contributed by atoms with E-state index in [0.717, 1.165) is 16.3 Å². The highest BCUT2D eigenvalue weighted by molar-refractivity contribution is 7.87. The maximum absolute atomic E-state index is 12.2. The predicted octanol–water partition coefficient (Wildman–Crippen LogP) is 0.837. The van der Waals surface area contributed by atoms with Gasteiger partial charge >= 0.3 is 5.97 Å². The first-order chi connectivity index (χ1) is 9.92. The number of carbonyl (C=O) groups is 1. The van der Waals surface area contributed by atoms with Crippen molar-refractivity contribution in [2.45, 2.75) is 32.7 Å². The minimum absolute atomic E-state index is 0.172. The van der Waals surface area contributed by atoms with E-state index in [2.05, 4.69) is 9.71 Å². The standard InChI is InChI=1S/C12H19N3O4S2/c1-2-10-7-13-11(20-10)8-14-21(18,19)15-5-3-9(4-6-15)12(16)17/h7,9,14H,2-6,8H2,1H3,(H,16,17). The van der Waals surface area contributed by atoms with Gasteiger partial charge in [0.1, 0.15) is 5.01 Å². The van der Waals surface area contributed by atoms with Gasteiger partial charge < -0.3 is 5.11 Å². The SMILES string of the molecule is CCc1cnc(CNS(=O)(=O)N2CCC(C(=O)O)CC2)s1. The van der Waals surface area contributed by atoms with Gasteiger partial charge in [-0.2, -0.15) is 17.4 Å². The average molecular weight is 333 g/mol. The lowest BCUT2D eigenvalue weighted by molar-refractivity contribution is -0.142. The number of carboxylic acids is 1. The molecule has 2 rings (SSSR count). The Bertz CT molecular complexity index is 591. The molecule has 0 aliphatic carbocycles. The second-order valence-electron chi connectivity index (χ2n) is 4.91. The van der Waals surface area contributed by atoms with Crippen molar-refractivity contribution in [2.75, 3.05) is 13.1 Å². The van der Waals surface area contributed by atoms with Gasteiger partial charge in [0.2, 0.25) is 0 Å². The maximum atomic E-state index is 12.2. The second-order valence-corrected chi connectivity index (χ2v) is 7.87. The quantitative estimate of drug-likeness (QED) is 0.803. The zero-order valence-corrected chi connectivity index (χ0v) is 13.4. The molecule has 0 aromatic carbocycles. The van der Waals surface area contributed by atoms with Crippen LogP contribution >= 0.6 is 11.3 Å². The van der Waals surface area contributed by atoms with Crippen LogP contribution in [0.25, 0.3) is 0 Å². The predicted molar refractivity (Wildman–Crippen MR) is 79.2 cm³/mol. The van der Waals surface area contributed by atoms with E-state index in [1.54, 1.807) is 6.20 Å². The van der Waals surface area contributed by atoms with Crippen molar-refractivity contribution in [3.05, 3.63) is 16.1 Å². The van der Waals surface area contributed by atoms with E-state index < -0.39 is 22.1 Å². The topological polar surface area (TPSA) is 99.6 Å². The summed E-state index contributed by atoms with van der Waals surface area (Å²) in [5.74, 6) is -1.29. The van der Waals surface area contributed by atoms with Crippen LogP contribution in [0.3, 0.4) is 0 Å². The van der Waals surface area contributed by atoms with Gasteiger partial charge in [0, 0.05) is 24.2 Å². The van der Waals surface area contributed by atoms with Crippen molar-refractivity contribution in [3.63, 3.8) is 0 Å². The van der Waals surface area contributed by atoms with E-state index in [1.807, 2.05) is 6.92 Å². The molecular weight excluding hydrogens is 314 g/mol. The van der Waals surface area contributed by atoms with Gasteiger partial charge in [0.05, 0.1) is 12.5 Å². The number of thiazole rings is 1. The van der Waals surface area contributed by atoms with E-state index in [-0.39, 0.29) is 19.6 Å². The molecule has 7 nitrogen and oxygen atoms in total. The van der Waals surface area contributed by atoms with Crippen molar-refractivity contribution in [1.29, 1.82) is 0 Å². The van der Waals surface area contributed by atoms with E-state index >= 15 is 0 Å². The fourth-order valence-corrected chi connectivity index (χ4v) is 4.27. The summed E-state index contributed by atoms with van der Waals surface area (Å²) in [4.78, 5) is 16.1. The summed E-state index contributed by atoms with van der Waals surface area (Å²) in [5.41, 5.74) is 0. The Labute approximate surface area is 128 Å². The Kier molecular flexibility index (Phi) is 5.31. The fourth-order valence-electron chi connectivity index (χ4n) is 2.18. The van der Waals surface area contributed by atoms with Gasteiger partial charge in [0.15, 0.2) is 0 Å². The van der Waals surface area contributed by atoms with Crippen molar-refractivity contribution < 1.29 is 18.3 Å². The number of piperidine rings is 1. The average Bonchev–Trinajstić information content (AvgIpc) is 2.93. The van der Waals surface area contributed by atoms with E-state index in [9.17, 15) is 13.2 Å². The lowest BCUT2D eigenvalue weighted by Gasteiger charge is -2.29. The van der Waals surface area contributed by atoms with Gasteiger partial charge in [-0.1, -0.05) is 6.92 Å². The highest BCUT2D eigenvalue weighted by Crippen LogP contribution is 2.19. The molecule has 0 amide bonds. The molecule has 1 aromatic heterocycles. The minimum atomic E-state index is -3.57. The highest BCUT2D eigenvalue weighted by atomic mass is 32.2. The summed E-state index contributed by atoms with van der Waals surface area (Å²) >= 11 is 1.49. The van der Waals surface area contributed by atoms with Crippen molar-refractivity contribution in [3.8, 4) is 0 Å². The molecule has 1 aliphatic heterocycles. The zero-order valence-electron chi connectivity index (χ0n) is 11.8. The van der Waals surface area contributed by atoms with Gasteiger partial charge in [-0.3, -0.25) is 4.79 Å². The molecule has 21 heavy (non-hydrogen) atoms. The molecule has 2 heterocycles. The van der Waals surface area contributed by atoms with Gasteiger partial charge in [-0.25, -0.2) is 4.98 Å².